The van der Waals surface area contributed by atoms with E-state index in [1.54, 1.807) is 63.0 Å². The zero-order valence-corrected chi connectivity index (χ0v) is 42.0. The fraction of sp³-hybridized carbons (Fsp3) is 0.275. The quantitative estimate of drug-likeness (QED) is 0.114. The number of benzene rings is 3. The van der Waals surface area contributed by atoms with Gasteiger partial charge in [-0.3, -0.25) is 4.79 Å². The Hall–Kier alpha value is -8.90. The minimum Gasteiger partial charge on any atom is -0.508 e. The van der Waals surface area contributed by atoms with Crippen LogP contribution >= 0.6 is 0 Å². The molecule has 0 aliphatic carbocycles. The van der Waals surface area contributed by atoms with Crippen LogP contribution in [-0.2, 0) is 32.6 Å². The van der Waals surface area contributed by atoms with Crippen LogP contribution in [0.15, 0.2) is 110 Å². The van der Waals surface area contributed by atoms with Gasteiger partial charge in [0.05, 0.1) is 49.1 Å². The Balaban J connectivity index is 0.829. The highest BCUT2D eigenvalue weighted by Crippen LogP contribution is 2.31. The number of nitrogens with zero attached hydrogens (tertiary/aromatic N) is 16. The second-order valence-corrected chi connectivity index (χ2v) is 19.9. The van der Waals surface area contributed by atoms with Crippen molar-refractivity contribution in [3.63, 3.8) is 0 Å². The Morgan fingerprint density at radius 1 is 0.707 bits per heavy atom. The number of carbonyl (C=O) groups is 1. The summed E-state index contributed by atoms with van der Waals surface area (Å²) < 4.78 is 42.4. The van der Waals surface area contributed by atoms with Crippen LogP contribution in [-0.4, -0.2) is 155 Å². The van der Waals surface area contributed by atoms with E-state index in [9.17, 15) is 23.4 Å². The zero-order valence-electron chi connectivity index (χ0n) is 41.2. The van der Waals surface area contributed by atoms with E-state index in [0.717, 1.165) is 22.3 Å². The van der Waals surface area contributed by atoms with E-state index in [-0.39, 0.29) is 31.1 Å². The summed E-state index contributed by atoms with van der Waals surface area (Å²) in [5.74, 6) is 1.22. The van der Waals surface area contributed by atoms with Crippen molar-refractivity contribution in [2.24, 2.45) is 0 Å². The third kappa shape index (κ3) is 9.74. The minimum absolute atomic E-state index is 0.0197. The van der Waals surface area contributed by atoms with E-state index in [0.29, 0.717) is 115 Å². The topological polar surface area (TPSA) is 249 Å². The number of ether oxygens (including phenoxy) is 1. The molecule has 2 aliphatic heterocycles. The number of aromatic nitrogens is 12. The van der Waals surface area contributed by atoms with Gasteiger partial charge in [0.15, 0.2) is 34.0 Å². The Labute approximate surface area is 430 Å². The van der Waals surface area contributed by atoms with Crippen molar-refractivity contribution in [1.29, 1.82) is 0 Å². The Bertz CT molecular complexity index is 3720. The third-order valence-corrected chi connectivity index (χ3v) is 14.8. The van der Waals surface area contributed by atoms with Crippen LogP contribution in [0.1, 0.15) is 18.2 Å². The molecule has 0 saturated carbocycles. The minimum atomic E-state index is -3.97. The summed E-state index contributed by atoms with van der Waals surface area (Å²) in [6.07, 6.45) is 10.1. The van der Waals surface area contributed by atoms with Gasteiger partial charge in [0.25, 0.3) is 0 Å². The standard InChI is InChI=1S/C51H53N17O6S/c1-4-7-42-40(29-55-68(42)49-45-47(66(33-53-45)30-43(71)74-3)58-51(60-49)64-26-22-62(23-27-64)37-12-16-39(70)17-13-37)34(2)31-75(72,73)56-18-19-65-32-52-44-46(65)57-50(59-48(44)67-41-9-6-5-8-35(41)28-54-67)63-24-20-61(21-25-63)36-10-14-38(69)15-11-36/h4-17,28-29,32-33,56,69-70H,2,18-27,30-31H2,1,3H3/b7-4-. The predicted octanol–water partition coefficient (Wildman–Crippen LogP) is 4.39. The fourth-order valence-corrected chi connectivity index (χ4v) is 10.6. The van der Waals surface area contributed by atoms with Crippen molar-refractivity contribution in [2.75, 3.05) is 91.4 Å². The number of rotatable bonds is 16. The number of phenolic OH excluding ortho intramolecular Hbond substituents is 2. The molecular weight excluding hydrogens is 979 g/mol. The van der Waals surface area contributed by atoms with Gasteiger partial charge in [0.2, 0.25) is 21.9 Å². The van der Waals surface area contributed by atoms with Gasteiger partial charge < -0.3 is 43.7 Å². The van der Waals surface area contributed by atoms with E-state index in [2.05, 4.69) is 31.0 Å². The summed E-state index contributed by atoms with van der Waals surface area (Å²) in [4.78, 5) is 50.5. The normalized spacial score (nSPS) is 14.5. The molecule has 9 aromatic rings. The van der Waals surface area contributed by atoms with Gasteiger partial charge in [0, 0.05) is 87.8 Å². The van der Waals surface area contributed by atoms with Crippen molar-refractivity contribution in [1.82, 2.24) is 63.3 Å². The average Bonchev–Trinajstić information content (AvgIpc) is 4.25. The molecule has 0 unspecified atom stereocenters. The summed E-state index contributed by atoms with van der Waals surface area (Å²) >= 11 is 0. The molecular formula is C51H53N17O6S. The molecule has 8 heterocycles. The first-order chi connectivity index (χ1) is 36.4. The maximum absolute atomic E-state index is 13.9. The smallest absolute Gasteiger partial charge is 0.325 e. The Morgan fingerprint density at radius 2 is 1.24 bits per heavy atom. The Morgan fingerprint density at radius 3 is 1.83 bits per heavy atom. The van der Waals surface area contributed by atoms with Gasteiger partial charge in [-0.25, -0.2) is 32.5 Å². The monoisotopic (exact) mass is 1030 g/mol. The van der Waals surface area contributed by atoms with Crippen LogP contribution in [0.5, 0.6) is 11.5 Å². The van der Waals surface area contributed by atoms with Crippen molar-refractivity contribution >= 4 is 84.1 Å². The maximum atomic E-state index is 13.9. The number of piperazine rings is 2. The molecule has 384 valence electrons. The average molecular weight is 1030 g/mol. The molecule has 0 atom stereocenters. The summed E-state index contributed by atoms with van der Waals surface area (Å²) in [6.45, 7) is 11.3. The van der Waals surface area contributed by atoms with Gasteiger partial charge in [-0.1, -0.05) is 30.9 Å². The number of allylic oxidation sites excluding steroid dienone is 1. The lowest BCUT2D eigenvalue weighted by Gasteiger charge is -2.36. The van der Waals surface area contributed by atoms with E-state index in [4.69, 9.17) is 39.9 Å². The van der Waals surface area contributed by atoms with Crippen molar-refractivity contribution in [3.05, 3.63) is 122 Å². The van der Waals surface area contributed by atoms with Gasteiger partial charge >= 0.3 is 5.97 Å². The number of hydrogen-bond acceptors (Lipinski definition) is 18. The van der Waals surface area contributed by atoms with Crippen molar-refractivity contribution < 1.29 is 28.2 Å². The van der Waals surface area contributed by atoms with E-state index in [1.807, 2.05) is 71.0 Å². The number of phenols is 2. The molecule has 2 fully saturated rings. The molecule has 6 aromatic heterocycles. The second-order valence-electron chi connectivity index (χ2n) is 18.1. The molecule has 23 nitrogen and oxygen atoms in total. The van der Waals surface area contributed by atoms with Crippen LogP contribution in [0, 0.1) is 0 Å². The highest BCUT2D eigenvalue weighted by molar-refractivity contribution is 7.89. The van der Waals surface area contributed by atoms with Crippen molar-refractivity contribution in [2.45, 2.75) is 20.0 Å². The number of anilines is 4. The largest absolute Gasteiger partial charge is 0.508 e. The van der Waals surface area contributed by atoms with Crippen LogP contribution in [0.25, 0.3) is 56.5 Å². The van der Waals surface area contributed by atoms with Crippen molar-refractivity contribution in [3.8, 4) is 23.1 Å². The maximum Gasteiger partial charge on any atom is 0.325 e. The molecule has 2 aliphatic rings. The molecule has 11 rings (SSSR count). The summed E-state index contributed by atoms with van der Waals surface area (Å²) in [6, 6.07) is 22.1. The molecule has 3 N–H and O–H groups in total. The molecule has 2 saturated heterocycles. The first-order valence-corrected chi connectivity index (χ1v) is 26.0. The summed E-state index contributed by atoms with van der Waals surface area (Å²) in [7, 11) is -2.65. The number of nitrogens with one attached hydrogen (secondary N) is 1. The second kappa shape index (κ2) is 20.2. The van der Waals surface area contributed by atoms with E-state index < -0.39 is 21.7 Å². The number of para-hydroxylation sites is 1. The lowest BCUT2D eigenvalue weighted by Crippen LogP contribution is -2.47. The molecule has 0 radical (unpaired) electrons. The van der Waals surface area contributed by atoms with E-state index >= 15 is 0 Å². The molecule has 0 amide bonds. The third-order valence-electron chi connectivity index (χ3n) is 13.4. The van der Waals surface area contributed by atoms with Gasteiger partial charge in [0.1, 0.15) is 18.0 Å². The molecule has 3 aromatic carbocycles. The van der Waals surface area contributed by atoms with Crippen LogP contribution in [0.2, 0.25) is 0 Å². The Kier molecular flexibility index (Phi) is 13.0. The first-order valence-electron chi connectivity index (χ1n) is 24.3. The highest BCUT2D eigenvalue weighted by Gasteiger charge is 2.28. The highest BCUT2D eigenvalue weighted by atomic mass is 32.2. The number of sulfonamides is 1. The lowest BCUT2D eigenvalue weighted by molar-refractivity contribution is -0.141. The van der Waals surface area contributed by atoms with Gasteiger partial charge in [-0.2, -0.15) is 30.1 Å². The van der Waals surface area contributed by atoms with Crippen LogP contribution in [0.3, 0.4) is 0 Å². The molecule has 24 heteroatoms. The number of methoxy groups -OCH3 is 1. The van der Waals surface area contributed by atoms with Gasteiger partial charge in [-0.05, 0) is 73.2 Å². The molecule has 75 heavy (non-hydrogen) atoms. The number of carbonyl (C=O) groups excluding carboxylic acids is 1. The van der Waals surface area contributed by atoms with E-state index in [1.165, 1.54) is 13.4 Å². The predicted molar refractivity (Wildman–Crippen MR) is 285 cm³/mol. The summed E-state index contributed by atoms with van der Waals surface area (Å²) in [5, 5.41) is 30.0. The number of fused-ring (bicyclic) bond motifs is 3. The zero-order chi connectivity index (χ0) is 51.8. The first kappa shape index (κ1) is 48.4. The number of esters is 1. The SMILES string of the molecule is C=C(CS(=O)(=O)NCCn1cnc2c(-n3ncc4ccccc43)nc(N3CCN(c4ccc(O)cc4)CC3)nc21)c1cnn(-c2nc(N3CCN(c4ccc(O)cc4)CC3)nc3c2ncn3CC(=O)OC)c1/C=C\C. The lowest BCUT2D eigenvalue weighted by atomic mass is 10.1. The van der Waals surface area contributed by atoms with Gasteiger partial charge in [-0.15, -0.1) is 0 Å². The fourth-order valence-electron chi connectivity index (χ4n) is 9.49. The summed E-state index contributed by atoms with van der Waals surface area (Å²) in [5.41, 5.74) is 5.94. The number of imidazole rings is 2. The van der Waals surface area contributed by atoms with Crippen LogP contribution in [0.4, 0.5) is 23.3 Å². The van der Waals surface area contributed by atoms with Crippen LogP contribution < -0.4 is 24.3 Å². The molecule has 0 spiro atoms. The number of hydrogen-bond donors (Lipinski definition) is 3. The number of aromatic hydroxyl groups is 2. The molecule has 0 bridgehead atoms.